The summed E-state index contributed by atoms with van der Waals surface area (Å²) in [4.78, 5) is 48.1. The van der Waals surface area contributed by atoms with Gasteiger partial charge in [0.1, 0.15) is 36.5 Å². The second kappa shape index (κ2) is 16.3. The molecule has 1 aromatic carbocycles. The van der Waals surface area contributed by atoms with Crippen LogP contribution in [0.1, 0.15) is 33.3 Å². The number of benzene rings is 1. The summed E-state index contributed by atoms with van der Waals surface area (Å²) in [7, 11) is 1.33. The zero-order valence-electron chi connectivity index (χ0n) is 24.5. The lowest BCUT2D eigenvalue weighted by atomic mass is 9.98. The first-order valence-electron chi connectivity index (χ1n) is 13.5. The Bertz CT molecular complexity index is 1090. The maximum atomic E-state index is 12.2. The molecule has 0 spiro atoms. The minimum Gasteiger partial charge on any atom is -0.465 e. The third-order valence-corrected chi connectivity index (χ3v) is 7.96. The Morgan fingerprint density at radius 2 is 1.44 bits per heavy atom. The highest BCUT2D eigenvalue weighted by Gasteiger charge is 2.55. The van der Waals surface area contributed by atoms with Crippen LogP contribution in [0.2, 0.25) is 0 Å². The Hall–Kier alpha value is -2.79. The number of carbonyl (C=O) groups excluding carboxylic acids is 4. The van der Waals surface area contributed by atoms with E-state index in [0.717, 1.165) is 38.1 Å². The van der Waals surface area contributed by atoms with Crippen molar-refractivity contribution in [3.63, 3.8) is 0 Å². The summed E-state index contributed by atoms with van der Waals surface area (Å²) in [6, 6.07) is 9.13. The van der Waals surface area contributed by atoms with Crippen molar-refractivity contribution in [2.45, 2.75) is 94.0 Å². The SMILES string of the molecule is CO[C@H]1O[C@H](CO)[C@@H](O)[C@H](OCc2ccccc2)[C@H]1O[C@@H]1S[C@H](COC(C)=O)[C@@H](OC(C)=O)[C@H](OC(C)=O)[C@H]1OC(C)=O. The van der Waals surface area contributed by atoms with E-state index in [1.54, 1.807) is 0 Å². The van der Waals surface area contributed by atoms with Gasteiger partial charge < -0.3 is 48.1 Å². The molecule has 14 nitrogen and oxygen atoms in total. The lowest BCUT2D eigenvalue weighted by molar-refractivity contribution is -0.318. The molecule has 0 unspecified atom stereocenters. The van der Waals surface area contributed by atoms with E-state index in [4.69, 9.17) is 37.9 Å². The predicted molar refractivity (Wildman–Crippen MR) is 147 cm³/mol. The van der Waals surface area contributed by atoms with Crippen LogP contribution in [0.25, 0.3) is 0 Å². The van der Waals surface area contributed by atoms with Gasteiger partial charge in [0.05, 0.1) is 18.5 Å². The van der Waals surface area contributed by atoms with E-state index in [0.29, 0.717) is 0 Å². The van der Waals surface area contributed by atoms with Crippen LogP contribution in [-0.4, -0.2) is 114 Å². The average Bonchev–Trinajstić information content (AvgIpc) is 2.94. The molecule has 3 rings (SSSR count). The lowest BCUT2D eigenvalue weighted by Gasteiger charge is -2.48. The van der Waals surface area contributed by atoms with Crippen LogP contribution in [0, 0.1) is 0 Å². The largest absolute Gasteiger partial charge is 0.465 e. The van der Waals surface area contributed by atoms with Gasteiger partial charge in [-0.2, -0.15) is 0 Å². The predicted octanol–water partition coefficient (Wildman–Crippen LogP) is 0.481. The van der Waals surface area contributed by atoms with E-state index >= 15 is 0 Å². The number of methoxy groups -OCH3 is 1. The Morgan fingerprint density at radius 3 is 2.00 bits per heavy atom. The monoisotopic (exact) mass is 630 g/mol. The fourth-order valence-corrected chi connectivity index (χ4v) is 6.20. The quantitative estimate of drug-likeness (QED) is 0.240. The standard InChI is InChI=1S/C28H38O14S/c1-14(30)36-13-20-22(38-15(2)31)24(39-16(3)32)26(40-17(4)33)28(43-20)42-25-23(37-12-18-9-7-6-8-10-18)21(34)19(11-29)41-27(25)35-5/h6-10,19-29,34H,11-13H2,1-5H3/t19-,20-,21-,22-,23+,24+,25-,26-,27+,28-/m1/s1. The van der Waals surface area contributed by atoms with Gasteiger partial charge in [-0.05, 0) is 5.56 Å². The minimum atomic E-state index is -1.37. The normalized spacial score (nSPS) is 32.3. The van der Waals surface area contributed by atoms with Crippen molar-refractivity contribution in [1.29, 1.82) is 0 Å². The highest BCUT2D eigenvalue weighted by molar-refractivity contribution is 8.00. The first kappa shape index (κ1) is 34.7. The fourth-order valence-electron chi connectivity index (χ4n) is 4.79. The van der Waals surface area contributed by atoms with Gasteiger partial charge in [-0.25, -0.2) is 0 Å². The number of hydrogen-bond donors (Lipinski definition) is 2. The van der Waals surface area contributed by atoms with Crippen molar-refractivity contribution in [2.75, 3.05) is 20.3 Å². The molecule has 0 bridgehead atoms. The van der Waals surface area contributed by atoms with Gasteiger partial charge in [0.15, 0.2) is 24.6 Å². The first-order chi connectivity index (χ1) is 20.4. The number of rotatable bonds is 12. The molecular formula is C28H38O14S. The molecule has 15 heteroatoms. The Morgan fingerprint density at radius 1 is 0.837 bits per heavy atom. The summed E-state index contributed by atoms with van der Waals surface area (Å²) in [6.45, 7) is 3.85. The van der Waals surface area contributed by atoms with Crippen LogP contribution in [0.3, 0.4) is 0 Å². The number of ether oxygens (including phenoxy) is 8. The molecule has 0 radical (unpaired) electrons. The van der Waals surface area contributed by atoms with E-state index in [9.17, 15) is 29.4 Å². The highest BCUT2D eigenvalue weighted by atomic mass is 32.2. The van der Waals surface area contributed by atoms with E-state index < -0.39 is 90.2 Å². The average molecular weight is 631 g/mol. The number of thioether (sulfide) groups is 1. The smallest absolute Gasteiger partial charge is 0.303 e. The minimum absolute atomic E-state index is 0.0574. The van der Waals surface area contributed by atoms with Crippen molar-refractivity contribution in [2.24, 2.45) is 0 Å². The van der Waals surface area contributed by atoms with Crippen LogP contribution in [0.15, 0.2) is 30.3 Å². The number of hydrogen-bond acceptors (Lipinski definition) is 15. The molecule has 10 atom stereocenters. The lowest BCUT2D eigenvalue weighted by Crippen LogP contribution is -2.64. The zero-order chi connectivity index (χ0) is 31.7. The van der Waals surface area contributed by atoms with Crippen LogP contribution >= 0.6 is 11.8 Å². The molecule has 2 fully saturated rings. The van der Waals surface area contributed by atoms with Gasteiger partial charge in [-0.3, -0.25) is 19.2 Å². The van der Waals surface area contributed by atoms with Crippen molar-refractivity contribution in [3.05, 3.63) is 35.9 Å². The Kier molecular flexibility index (Phi) is 13.2. The van der Waals surface area contributed by atoms with Gasteiger partial charge in [-0.15, -0.1) is 11.8 Å². The molecule has 2 heterocycles. The molecule has 1 aromatic rings. The Balaban J connectivity index is 2.01. The van der Waals surface area contributed by atoms with Gasteiger partial charge in [0.2, 0.25) is 0 Å². The molecular weight excluding hydrogens is 592 g/mol. The molecule has 2 saturated heterocycles. The summed E-state index contributed by atoms with van der Waals surface area (Å²) < 4.78 is 45.5. The number of aliphatic hydroxyl groups excluding tert-OH is 2. The molecule has 0 saturated carbocycles. The molecule has 2 aliphatic heterocycles. The van der Waals surface area contributed by atoms with Crippen LogP contribution in [0.5, 0.6) is 0 Å². The third kappa shape index (κ3) is 9.60. The molecule has 0 amide bonds. The maximum absolute atomic E-state index is 12.2. The van der Waals surface area contributed by atoms with Gasteiger partial charge in [-0.1, -0.05) is 30.3 Å². The number of esters is 4. The van der Waals surface area contributed by atoms with Crippen LogP contribution < -0.4 is 0 Å². The number of carbonyl (C=O) groups is 4. The second-order valence-electron chi connectivity index (χ2n) is 9.88. The van der Waals surface area contributed by atoms with E-state index in [1.807, 2.05) is 30.3 Å². The fraction of sp³-hybridized carbons (Fsp3) is 0.643. The highest BCUT2D eigenvalue weighted by Crippen LogP contribution is 2.41. The van der Waals surface area contributed by atoms with E-state index in [-0.39, 0.29) is 13.2 Å². The molecule has 0 aliphatic carbocycles. The van der Waals surface area contributed by atoms with E-state index in [1.165, 1.54) is 14.0 Å². The van der Waals surface area contributed by atoms with Crippen molar-refractivity contribution >= 4 is 35.6 Å². The molecule has 2 N–H and O–H groups in total. The zero-order valence-corrected chi connectivity index (χ0v) is 25.3. The molecule has 43 heavy (non-hydrogen) atoms. The summed E-state index contributed by atoms with van der Waals surface area (Å²) >= 11 is 0.992. The van der Waals surface area contributed by atoms with Crippen molar-refractivity contribution in [1.82, 2.24) is 0 Å². The summed E-state index contributed by atoms with van der Waals surface area (Å²) in [5.74, 6) is -2.85. The summed E-state index contributed by atoms with van der Waals surface area (Å²) in [5.41, 5.74) is -0.382. The molecule has 2 aliphatic rings. The summed E-state index contributed by atoms with van der Waals surface area (Å²) in [5, 5.41) is 20.1. The van der Waals surface area contributed by atoms with Crippen molar-refractivity contribution in [3.8, 4) is 0 Å². The number of aliphatic hydroxyl groups is 2. The summed E-state index contributed by atoms with van der Waals surface area (Å²) in [6.07, 6.45) is -9.85. The van der Waals surface area contributed by atoms with Crippen LogP contribution in [0.4, 0.5) is 0 Å². The Labute approximate surface area is 253 Å². The van der Waals surface area contributed by atoms with E-state index in [2.05, 4.69) is 0 Å². The maximum Gasteiger partial charge on any atom is 0.303 e. The van der Waals surface area contributed by atoms with Gasteiger partial charge in [0, 0.05) is 34.8 Å². The molecule has 240 valence electrons. The van der Waals surface area contributed by atoms with Gasteiger partial charge in [0.25, 0.3) is 0 Å². The second-order valence-corrected chi connectivity index (χ2v) is 11.2. The molecule has 0 aromatic heterocycles. The van der Waals surface area contributed by atoms with Crippen LogP contribution in [-0.2, 0) is 63.7 Å². The van der Waals surface area contributed by atoms with Gasteiger partial charge >= 0.3 is 23.9 Å². The van der Waals surface area contributed by atoms with Crippen molar-refractivity contribution < 1.29 is 67.3 Å². The first-order valence-corrected chi connectivity index (χ1v) is 14.5. The topological polar surface area (TPSA) is 183 Å². The third-order valence-electron chi connectivity index (χ3n) is 6.56.